The Balaban J connectivity index is 1.35. The first-order valence-corrected chi connectivity index (χ1v) is 9.97. The van der Waals surface area contributed by atoms with Gasteiger partial charge in [-0.3, -0.25) is 10.1 Å². The molecule has 0 aliphatic rings. The lowest BCUT2D eigenvalue weighted by molar-refractivity contribution is -0.118. The maximum atomic E-state index is 12.2. The molecule has 0 aliphatic carbocycles. The van der Waals surface area contributed by atoms with Crippen LogP contribution in [0.1, 0.15) is 5.56 Å². The Labute approximate surface area is 172 Å². The molecule has 29 heavy (non-hydrogen) atoms. The summed E-state index contributed by atoms with van der Waals surface area (Å²) in [5.41, 5.74) is 4.30. The number of fused-ring (bicyclic) bond motifs is 1. The number of ether oxygens (including phenoxy) is 2. The first-order valence-electron chi connectivity index (χ1n) is 9.15. The Kier molecular flexibility index (Phi) is 5.44. The molecular formula is C23H20N2O3S. The van der Waals surface area contributed by atoms with Crippen LogP contribution in [0.15, 0.2) is 66.7 Å². The maximum Gasteiger partial charge on any atom is 0.264 e. The monoisotopic (exact) mass is 404 g/mol. The van der Waals surface area contributed by atoms with Crippen LogP contribution in [-0.4, -0.2) is 24.6 Å². The molecule has 3 aromatic carbocycles. The van der Waals surface area contributed by atoms with Gasteiger partial charge in [-0.2, -0.15) is 0 Å². The highest BCUT2D eigenvalue weighted by atomic mass is 32.1. The SMILES string of the molecule is COc1ccc2nc(NC(=O)COc3ccc(-c4ccc(C)cc4)cc3)sc2c1. The second-order valence-corrected chi connectivity index (χ2v) is 7.61. The predicted octanol–water partition coefficient (Wildman–Crippen LogP) is 5.30. The number of carbonyl (C=O) groups is 1. The van der Waals surface area contributed by atoms with Gasteiger partial charge >= 0.3 is 0 Å². The molecule has 0 saturated heterocycles. The molecule has 1 aromatic heterocycles. The lowest BCUT2D eigenvalue weighted by atomic mass is 10.0. The summed E-state index contributed by atoms with van der Waals surface area (Å²) in [5, 5.41) is 3.32. The fraction of sp³-hybridized carbons (Fsp3) is 0.130. The van der Waals surface area contributed by atoms with Crippen LogP contribution >= 0.6 is 11.3 Å². The summed E-state index contributed by atoms with van der Waals surface area (Å²) in [6.45, 7) is 1.99. The van der Waals surface area contributed by atoms with E-state index in [1.165, 1.54) is 16.9 Å². The third kappa shape index (κ3) is 4.55. The number of aryl methyl sites for hydroxylation is 1. The zero-order valence-corrected chi connectivity index (χ0v) is 17.0. The first kappa shape index (κ1) is 19.0. The number of thiazole rings is 1. The number of hydrogen-bond donors (Lipinski definition) is 1. The van der Waals surface area contributed by atoms with E-state index in [-0.39, 0.29) is 12.5 Å². The first-order chi connectivity index (χ1) is 14.1. The lowest BCUT2D eigenvalue weighted by Gasteiger charge is -2.07. The molecule has 6 heteroatoms. The number of anilines is 1. The van der Waals surface area contributed by atoms with Gasteiger partial charge in [-0.15, -0.1) is 0 Å². The van der Waals surface area contributed by atoms with Crippen molar-refractivity contribution in [2.75, 3.05) is 19.0 Å². The Morgan fingerprint density at radius 1 is 0.966 bits per heavy atom. The molecule has 0 fully saturated rings. The molecule has 1 N–H and O–H groups in total. The van der Waals surface area contributed by atoms with E-state index in [9.17, 15) is 4.79 Å². The number of hydrogen-bond acceptors (Lipinski definition) is 5. The van der Waals surface area contributed by atoms with E-state index in [2.05, 4.69) is 41.5 Å². The van der Waals surface area contributed by atoms with E-state index in [1.54, 1.807) is 7.11 Å². The van der Waals surface area contributed by atoms with Gasteiger partial charge in [-0.1, -0.05) is 53.3 Å². The van der Waals surface area contributed by atoms with Gasteiger partial charge in [0.2, 0.25) is 0 Å². The largest absolute Gasteiger partial charge is 0.497 e. The molecule has 4 aromatic rings. The standard InChI is InChI=1S/C23H20N2O3S/c1-15-3-5-16(6-4-15)17-7-9-18(10-8-17)28-14-22(26)25-23-24-20-12-11-19(27-2)13-21(20)29-23/h3-13H,14H2,1-2H3,(H,24,25,26). The number of nitrogens with zero attached hydrogens (tertiary/aromatic N) is 1. The minimum Gasteiger partial charge on any atom is -0.497 e. The van der Waals surface area contributed by atoms with Crippen LogP contribution in [0.4, 0.5) is 5.13 Å². The highest BCUT2D eigenvalue weighted by molar-refractivity contribution is 7.22. The average molecular weight is 404 g/mol. The van der Waals surface area contributed by atoms with Gasteiger partial charge in [0.15, 0.2) is 11.7 Å². The third-order valence-corrected chi connectivity index (χ3v) is 5.38. The van der Waals surface area contributed by atoms with Crippen molar-refractivity contribution in [3.05, 3.63) is 72.3 Å². The summed E-state index contributed by atoms with van der Waals surface area (Å²) in [6, 6.07) is 21.7. The molecule has 5 nitrogen and oxygen atoms in total. The zero-order valence-electron chi connectivity index (χ0n) is 16.1. The van der Waals surface area contributed by atoms with E-state index >= 15 is 0 Å². The van der Waals surface area contributed by atoms with Gasteiger partial charge in [0.25, 0.3) is 5.91 Å². The summed E-state index contributed by atoms with van der Waals surface area (Å²) in [4.78, 5) is 16.6. The van der Waals surface area contributed by atoms with Crippen LogP contribution in [0.3, 0.4) is 0 Å². The molecular weight excluding hydrogens is 384 g/mol. The smallest absolute Gasteiger partial charge is 0.264 e. The molecule has 4 rings (SSSR count). The van der Waals surface area contributed by atoms with Crippen LogP contribution in [0.5, 0.6) is 11.5 Å². The Morgan fingerprint density at radius 3 is 2.31 bits per heavy atom. The van der Waals surface area contributed by atoms with Gasteiger partial charge in [-0.25, -0.2) is 4.98 Å². The van der Waals surface area contributed by atoms with Crippen LogP contribution in [-0.2, 0) is 4.79 Å². The molecule has 0 aliphatic heterocycles. The van der Waals surface area contributed by atoms with Crippen molar-refractivity contribution in [1.82, 2.24) is 4.98 Å². The molecule has 0 spiro atoms. The third-order valence-electron chi connectivity index (χ3n) is 4.45. The van der Waals surface area contributed by atoms with Crippen LogP contribution in [0.25, 0.3) is 21.3 Å². The van der Waals surface area contributed by atoms with E-state index < -0.39 is 0 Å². The van der Waals surface area contributed by atoms with Gasteiger partial charge in [-0.05, 0) is 48.4 Å². The molecule has 1 heterocycles. The highest BCUT2D eigenvalue weighted by Crippen LogP contribution is 2.29. The minimum atomic E-state index is -0.251. The van der Waals surface area contributed by atoms with Crippen molar-refractivity contribution < 1.29 is 14.3 Å². The number of carbonyl (C=O) groups excluding carboxylic acids is 1. The van der Waals surface area contributed by atoms with Crippen molar-refractivity contribution in [2.24, 2.45) is 0 Å². The lowest BCUT2D eigenvalue weighted by Crippen LogP contribution is -2.19. The number of rotatable bonds is 6. The molecule has 0 radical (unpaired) electrons. The quantitative estimate of drug-likeness (QED) is 0.474. The van der Waals surface area contributed by atoms with Crippen molar-refractivity contribution >= 4 is 32.6 Å². The summed E-state index contributed by atoms with van der Waals surface area (Å²) in [7, 11) is 1.62. The predicted molar refractivity (Wildman–Crippen MR) is 117 cm³/mol. The van der Waals surface area contributed by atoms with Crippen molar-refractivity contribution in [3.8, 4) is 22.6 Å². The molecule has 0 atom stereocenters. The van der Waals surface area contributed by atoms with Gasteiger partial charge < -0.3 is 9.47 Å². The fourth-order valence-corrected chi connectivity index (χ4v) is 3.79. The number of amides is 1. The maximum absolute atomic E-state index is 12.2. The van der Waals surface area contributed by atoms with E-state index in [1.807, 2.05) is 42.5 Å². The highest BCUT2D eigenvalue weighted by Gasteiger charge is 2.09. The summed E-state index contributed by atoms with van der Waals surface area (Å²) in [6.07, 6.45) is 0. The Bertz CT molecular complexity index is 1140. The molecule has 1 amide bonds. The number of nitrogens with one attached hydrogen (secondary N) is 1. The minimum absolute atomic E-state index is 0.0802. The Morgan fingerprint density at radius 2 is 1.62 bits per heavy atom. The van der Waals surface area contributed by atoms with E-state index in [0.717, 1.165) is 27.1 Å². The second kappa shape index (κ2) is 8.32. The topological polar surface area (TPSA) is 60.5 Å². The van der Waals surface area contributed by atoms with Crippen LogP contribution in [0, 0.1) is 6.92 Å². The molecule has 0 saturated carbocycles. The Hall–Kier alpha value is -3.38. The van der Waals surface area contributed by atoms with Crippen molar-refractivity contribution in [1.29, 1.82) is 0 Å². The number of aromatic nitrogens is 1. The number of benzene rings is 3. The van der Waals surface area contributed by atoms with Gasteiger partial charge in [0.05, 0.1) is 17.3 Å². The number of methoxy groups -OCH3 is 1. The normalized spacial score (nSPS) is 10.7. The van der Waals surface area contributed by atoms with Crippen molar-refractivity contribution in [3.63, 3.8) is 0 Å². The molecule has 146 valence electrons. The second-order valence-electron chi connectivity index (χ2n) is 6.58. The summed E-state index contributed by atoms with van der Waals surface area (Å²) < 4.78 is 11.8. The summed E-state index contributed by atoms with van der Waals surface area (Å²) >= 11 is 1.40. The van der Waals surface area contributed by atoms with Gasteiger partial charge in [0.1, 0.15) is 11.5 Å². The van der Waals surface area contributed by atoms with E-state index in [0.29, 0.717) is 10.9 Å². The van der Waals surface area contributed by atoms with Crippen molar-refractivity contribution in [2.45, 2.75) is 6.92 Å². The zero-order chi connectivity index (χ0) is 20.2. The molecule has 0 bridgehead atoms. The molecule has 0 unspecified atom stereocenters. The van der Waals surface area contributed by atoms with Crippen LogP contribution < -0.4 is 14.8 Å². The van der Waals surface area contributed by atoms with Gasteiger partial charge in [0, 0.05) is 0 Å². The summed E-state index contributed by atoms with van der Waals surface area (Å²) in [5.74, 6) is 1.15. The average Bonchev–Trinajstić information content (AvgIpc) is 3.14. The van der Waals surface area contributed by atoms with Crippen LogP contribution in [0.2, 0.25) is 0 Å². The fourth-order valence-electron chi connectivity index (χ4n) is 2.88. The van der Waals surface area contributed by atoms with E-state index in [4.69, 9.17) is 9.47 Å².